The number of hydrazine groups is 1. The molecule has 0 aromatic carbocycles. The highest BCUT2D eigenvalue weighted by atomic mass is 16.5. The summed E-state index contributed by atoms with van der Waals surface area (Å²) in [7, 11) is 1.39. The number of nitrogens with zero attached hydrogens (tertiary/aromatic N) is 1. The molecule has 0 spiro atoms. The van der Waals surface area contributed by atoms with Crippen molar-refractivity contribution in [3.63, 3.8) is 0 Å². The molecule has 0 aromatic heterocycles. The fraction of sp³-hybridized carbons (Fsp3) is 0.875. The summed E-state index contributed by atoms with van der Waals surface area (Å²) < 4.78 is 4.64. The summed E-state index contributed by atoms with van der Waals surface area (Å²) in [5.41, 5.74) is -0.0845. The van der Waals surface area contributed by atoms with Gasteiger partial charge in [-0.3, -0.25) is 10.6 Å². The van der Waals surface area contributed by atoms with E-state index >= 15 is 0 Å². The number of carbonyl (C=O) groups is 1. The summed E-state index contributed by atoms with van der Waals surface area (Å²) in [5, 5.41) is 1.60. The minimum absolute atomic E-state index is 0.0845. The Morgan fingerprint density at radius 3 is 2.58 bits per heavy atom. The van der Waals surface area contributed by atoms with E-state index in [4.69, 9.17) is 5.84 Å². The normalized spacial score (nSPS) is 28.8. The molecule has 1 fully saturated rings. The van der Waals surface area contributed by atoms with Crippen LogP contribution in [0.4, 0.5) is 0 Å². The monoisotopic (exact) mass is 172 g/mol. The van der Waals surface area contributed by atoms with Gasteiger partial charge in [0.1, 0.15) is 6.04 Å². The summed E-state index contributed by atoms with van der Waals surface area (Å²) in [6.45, 7) is 4.05. The Hall–Kier alpha value is -0.610. The molecule has 1 aliphatic heterocycles. The predicted octanol–water partition coefficient (Wildman–Crippen LogP) is 0.276. The first-order valence-corrected chi connectivity index (χ1v) is 4.11. The Morgan fingerprint density at radius 1 is 1.67 bits per heavy atom. The zero-order valence-corrected chi connectivity index (χ0v) is 7.83. The second-order valence-corrected chi connectivity index (χ2v) is 3.80. The lowest BCUT2D eigenvalue weighted by Crippen LogP contribution is -2.51. The summed E-state index contributed by atoms with van der Waals surface area (Å²) in [4.78, 5) is 11.2. The first-order chi connectivity index (χ1) is 5.49. The molecule has 70 valence electrons. The fourth-order valence-electron chi connectivity index (χ4n) is 1.55. The summed E-state index contributed by atoms with van der Waals surface area (Å²) in [6, 6.07) is -0.259. The molecule has 0 aromatic rings. The van der Waals surface area contributed by atoms with Crippen LogP contribution < -0.4 is 5.84 Å². The standard InChI is InChI=1S/C8H16N2O2/c1-8(2)5-4-6(10(8)9)7(11)12-3/h6H,4-5,9H2,1-3H3. The molecule has 0 bridgehead atoms. The van der Waals surface area contributed by atoms with E-state index in [0.29, 0.717) is 0 Å². The lowest BCUT2D eigenvalue weighted by atomic mass is 10.0. The quantitative estimate of drug-likeness (QED) is 0.456. The Kier molecular flexibility index (Phi) is 2.39. The highest BCUT2D eigenvalue weighted by Gasteiger charge is 2.41. The smallest absolute Gasteiger partial charge is 0.324 e. The average molecular weight is 172 g/mol. The molecule has 4 nitrogen and oxygen atoms in total. The van der Waals surface area contributed by atoms with Crippen LogP contribution in [-0.2, 0) is 9.53 Å². The van der Waals surface area contributed by atoms with Gasteiger partial charge in [0.2, 0.25) is 0 Å². The van der Waals surface area contributed by atoms with Crippen molar-refractivity contribution in [1.29, 1.82) is 0 Å². The third kappa shape index (κ3) is 1.44. The van der Waals surface area contributed by atoms with Crippen LogP contribution in [-0.4, -0.2) is 29.7 Å². The van der Waals surface area contributed by atoms with Crippen LogP contribution >= 0.6 is 0 Å². The van der Waals surface area contributed by atoms with Crippen molar-refractivity contribution in [1.82, 2.24) is 5.01 Å². The van der Waals surface area contributed by atoms with Gasteiger partial charge in [0, 0.05) is 5.54 Å². The lowest BCUT2D eigenvalue weighted by Gasteiger charge is -2.29. The number of nitrogens with two attached hydrogens (primary N) is 1. The number of esters is 1. The molecule has 0 amide bonds. The van der Waals surface area contributed by atoms with Crippen molar-refractivity contribution in [3.05, 3.63) is 0 Å². The van der Waals surface area contributed by atoms with Crippen molar-refractivity contribution in [2.24, 2.45) is 5.84 Å². The van der Waals surface area contributed by atoms with Gasteiger partial charge < -0.3 is 4.74 Å². The molecule has 1 rings (SSSR count). The summed E-state index contributed by atoms with van der Waals surface area (Å²) >= 11 is 0. The van der Waals surface area contributed by atoms with Gasteiger partial charge in [-0.2, -0.15) is 0 Å². The Bertz CT molecular complexity index is 191. The average Bonchev–Trinajstić information content (AvgIpc) is 2.27. The third-order valence-corrected chi connectivity index (χ3v) is 2.54. The lowest BCUT2D eigenvalue weighted by molar-refractivity contribution is -0.147. The minimum Gasteiger partial charge on any atom is -0.468 e. The Balaban J connectivity index is 2.67. The zero-order chi connectivity index (χ0) is 9.35. The van der Waals surface area contributed by atoms with Gasteiger partial charge in [0.15, 0.2) is 0 Å². The number of methoxy groups -OCH3 is 1. The molecule has 1 unspecified atom stereocenters. The SMILES string of the molecule is COC(=O)C1CCC(C)(C)N1N. The molecule has 4 heteroatoms. The van der Waals surface area contributed by atoms with Crippen molar-refractivity contribution in [3.8, 4) is 0 Å². The molecule has 0 aliphatic carbocycles. The van der Waals surface area contributed by atoms with Crippen LogP contribution in [0, 0.1) is 0 Å². The maximum atomic E-state index is 11.2. The molecular formula is C8H16N2O2. The molecule has 1 heterocycles. The molecular weight excluding hydrogens is 156 g/mol. The summed E-state index contributed by atoms with van der Waals surface area (Å²) in [5.74, 6) is 5.53. The fourth-order valence-corrected chi connectivity index (χ4v) is 1.55. The highest BCUT2D eigenvalue weighted by Crippen LogP contribution is 2.30. The van der Waals surface area contributed by atoms with Crippen LogP contribution in [0.2, 0.25) is 0 Å². The third-order valence-electron chi connectivity index (χ3n) is 2.54. The number of carbonyl (C=O) groups excluding carboxylic acids is 1. The van der Waals surface area contributed by atoms with E-state index in [1.807, 2.05) is 13.8 Å². The van der Waals surface area contributed by atoms with E-state index < -0.39 is 0 Å². The van der Waals surface area contributed by atoms with E-state index in [1.54, 1.807) is 5.01 Å². The van der Waals surface area contributed by atoms with Crippen LogP contribution in [0.3, 0.4) is 0 Å². The summed E-state index contributed by atoms with van der Waals surface area (Å²) in [6.07, 6.45) is 1.72. The Morgan fingerprint density at radius 2 is 2.25 bits per heavy atom. The predicted molar refractivity (Wildman–Crippen MR) is 45.1 cm³/mol. The van der Waals surface area contributed by atoms with E-state index in [1.165, 1.54) is 7.11 Å². The van der Waals surface area contributed by atoms with E-state index in [2.05, 4.69) is 4.74 Å². The first kappa shape index (κ1) is 9.48. The number of ether oxygens (including phenoxy) is 1. The van der Waals surface area contributed by atoms with E-state index in [0.717, 1.165) is 12.8 Å². The van der Waals surface area contributed by atoms with Crippen molar-refractivity contribution < 1.29 is 9.53 Å². The number of hydrogen-bond acceptors (Lipinski definition) is 4. The maximum absolute atomic E-state index is 11.2. The van der Waals surface area contributed by atoms with Crippen LogP contribution in [0.5, 0.6) is 0 Å². The van der Waals surface area contributed by atoms with Gasteiger partial charge in [-0.1, -0.05) is 0 Å². The van der Waals surface area contributed by atoms with Gasteiger partial charge in [-0.25, -0.2) is 5.01 Å². The number of hydrogen-bond donors (Lipinski definition) is 1. The van der Waals surface area contributed by atoms with Crippen molar-refractivity contribution >= 4 is 5.97 Å². The van der Waals surface area contributed by atoms with Crippen LogP contribution in [0.15, 0.2) is 0 Å². The molecule has 0 saturated carbocycles. The molecule has 0 radical (unpaired) electrons. The van der Waals surface area contributed by atoms with Gasteiger partial charge in [-0.15, -0.1) is 0 Å². The highest BCUT2D eigenvalue weighted by molar-refractivity contribution is 5.76. The minimum atomic E-state index is -0.259. The Labute approximate surface area is 72.6 Å². The second-order valence-electron chi connectivity index (χ2n) is 3.80. The van der Waals surface area contributed by atoms with Crippen LogP contribution in [0.25, 0.3) is 0 Å². The van der Waals surface area contributed by atoms with E-state index in [9.17, 15) is 4.79 Å². The first-order valence-electron chi connectivity index (χ1n) is 4.11. The van der Waals surface area contributed by atoms with Crippen molar-refractivity contribution in [2.45, 2.75) is 38.3 Å². The maximum Gasteiger partial charge on any atom is 0.324 e. The molecule has 1 aliphatic rings. The molecule has 2 N–H and O–H groups in total. The zero-order valence-electron chi connectivity index (χ0n) is 7.83. The van der Waals surface area contributed by atoms with Crippen molar-refractivity contribution in [2.75, 3.05) is 7.11 Å². The van der Waals surface area contributed by atoms with Gasteiger partial charge in [0.05, 0.1) is 7.11 Å². The topological polar surface area (TPSA) is 55.6 Å². The molecule has 1 atom stereocenters. The molecule has 12 heavy (non-hydrogen) atoms. The van der Waals surface area contributed by atoms with Gasteiger partial charge in [-0.05, 0) is 26.7 Å². The van der Waals surface area contributed by atoms with Crippen LogP contribution in [0.1, 0.15) is 26.7 Å². The van der Waals surface area contributed by atoms with Gasteiger partial charge >= 0.3 is 5.97 Å². The van der Waals surface area contributed by atoms with Gasteiger partial charge in [0.25, 0.3) is 0 Å². The second kappa shape index (κ2) is 3.03. The number of rotatable bonds is 1. The largest absolute Gasteiger partial charge is 0.468 e. The van der Waals surface area contributed by atoms with E-state index in [-0.39, 0.29) is 17.6 Å². The molecule has 1 saturated heterocycles.